The molecule has 0 bridgehead atoms. The fourth-order valence-electron chi connectivity index (χ4n) is 5.17. The first-order chi connectivity index (χ1) is 18.0. The predicted octanol–water partition coefficient (Wildman–Crippen LogP) is 8.82. The zero-order valence-electron chi connectivity index (χ0n) is 20.9. The van der Waals surface area contributed by atoms with E-state index in [4.69, 9.17) is 4.74 Å². The van der Waals surface area contributed by atoms with E-state index in [0.717, 1.165) is 17.1 Å². The van der Waals surface area contributed by atoms with Gasteiger partial charge in [-0.15, -0.1) is 0 Å². The van der Waals surface area contributed by atoms with E-state index in [-0.39, 0.29) is 11.2 Å². The van der Waals surface area contributed by atoms with Crippen molar-refractivity contribution >= 4 is 22.8 Å². The Kier molecular flexibility index (Phi) is 5.61. The number of carbonyl (C=O) groups is 1. The molecule has 5 aromatic carbocycles. The van der Waals surface area contributed by atoms with Crippen molar-refractivity contribution < 1.29 is 9.53 Å². The van der Waals surface area contributed by atoms with Crippen LogP contribution in [0.15, 0.2) is 127 Å². The first kappa shape index (κ1) is 22.8. The molecule has 0 radical (unpaired) electrons. The molecule has 0 fully saturated rings. The van der Waals surface area contributed by atoms with Gasteiger partial charge in [0, 0.05) is 22.2 Å². The van der Waals surface area contributed by atoms with Gasteiger partial charge in [0.2, 0.25) is 0 Å². The SMILES string of the molecule is CC1(C)c2ccccc2N(c2ccccc2)c2ccc(Oc3ccc(C(=O)c4ccccc4)cc3)cc21. The number of hydrogen-bond acceptors (Lipinski definition) is 3. The third-order valence-corrected chi connectivity index (χ3v) is 7.10. The van der Waals surface area contributed by atoms with E-state index in [1.54, 1.807) is 0 Å². The van der Waals surface area contributed by atoms with Crippen molar-refractivity contribution in [1.29, 1.82) is 0 Å². The number of ether oxygens (including phenoxy) is 1. The lowest BCUT2D eigenvalue weighted by atomic mass is 9.73. The number of hydrogen-bond donors (Lipinski definition) is 0. The van der Waals surface area contributed by atoms with Gasteiger partial charge < -0.3 is 9.64 Å². The third kappa shape index (κ3) is 4.09. The Bertz CT molecular complexity index is 1570. The molecule has 5 aromatic rings. The number of rotatable bonds is 5. The summed E-state index contributed by atoms with van der Waals surface area (Å²) < 4.78 is 6.28. The van der Waals surface area contributed by atoms with Gasteiger partial charge in [0.1, 0.15) is 11.5 Å². The van der Waals surface area contributed by atoms with Gasteiger partial charge in [0.15, 0.2) is 5.78 Å². The average Bonchev–Trinajstić information content (AvgIpc) is 2.95. The summed E-state index contributed by atoms with van der Waals surface area (Å²) in [6, 6.07) is 42.0. The zero-order chi connectivity index (χ0) is 25.4. The van der Waals surface area contributed by atoms with Crippen molar-refractivity contribution in [3.63, 3.8) is 0 Å². The largest absolute Gasteiger partial charge is 0.457 e. The maximum atomic E-state index is 12.8. The molecule has 1 aliphatic rings. The first-order valence-corrected chi connectivity index (χ1v) is 12.5. The van der Waals surface area contributed by atoms with Crippen molar-refractivity contribution in [2.45, 2.75) is 19.3 Å². The molecule has 0 saturated carbocycles. The molecule has 0 amide bonds. The summed E-state index contributed by atoms with van der Waals surface area (Å²) in [6.07, 6.45) is 0. The summed E-state index contributed by atoms with van der Waals surface area (Å²) >= 11 is 0. The van der Waals surface area contributed by atoms with Crippen LogP contribution in [0.5, 0.6) is 11.5 Å². The van der Waals surface area contributed by atoms with E-state index in [1.807, 2.05) is 66.7 Å². The molecule has 0 aromatic heterocycles. The van der Waals surface area contributed by atoms with Crippen molar-refractivity contribution in [2.75, 3.05) is 4.90 Å². The van der Waals surface area contributed by atoms with Gasteiger partial charge in [-0.3, -0.25) is 4.79 Å². The van der Waals surface area contributed by atoms with E-state index >= 15 is 0 Å². The van der Waals surface area contributed by atoms with Crippen LogP contribution in [0, 0.1) is 0 Å². The summed E-state index contributed by atoms with van der Waals surface area (Å²) in [5.74, 6) is 1.46. The minimum absolute atomic E-state index is 0.00218. The number of carbonyl (C=O) groups excluding carboxylic acids is 1. The monoisotopic (exact) mass is 481 g/mol. The van der Waals surface area contributed by atoms with Gasteiger partial charge in [-0.25, -0.2) is 0 Å². The van der Waals surface area contributed by atoms with E-state index in [0.29, 0.717) is 16.9 Å². The Balaban J connectivity index is 1.34. The maximum absolute atomic E-state index is 12.8. The van der Waals surface area contributed by atoms with E-state index in [2.05, 4.69) is 79.4 Å². The second-order valence-electron chi connectivity index (χ2n) is 9.81. The van der Waals surface area contributed by atoms with Crippen LogP contribution in [0.2, 0.25) is 0 Å². The van der Waals surface area contributed by atoms with Crippen molar-refractivity contribution in [3.05, 3.63) is 150 Å². The lowest BCUT2D eigenvalue weighted by Gasteiger charge is -2.42. The van der Waals surface area contributed by atoms with Crippen molar-refractivity contribution in [2.24, 2.45) is 0 Å². The highest BCUT2D eigenvalue weighted by molar-refractivity contribution is 6.09. The molecule has 37 heavy (non-hydrogen) atoms. The molecule has 0 atom stereocenters. The highest BCUT2D eigenvalue weighted by Gasteiger charge is 2.37. The predicted molar refractivity (Wildman–Crippen MR) is 150 cm³/mol. The first-order valence-electron chi connectivity index (χ1n) is 12.5. The number of para-hydroxylation sites is 2. The Morgan fingerprint density at radius 2 is 1.16 bits per heavy atom. The van der Waals surface area contributed by atoms with Crippen LogP contribution in [0.25, 0.3) is 0 Å². The van der Waals surface area contributed by atoms with E-state index in [9.17, 15) is 4.79 Å². The fourth-order valence-corrected chi connectivity index (χ4v) is 5.17. The molecule has 0 aliphatic carbocycles. The van der Waals surface area contributed by atoms with Crippen LogP contribution in [-0.2, 0) is 5.41 Å². The zero-order valence-corrected chi connectivity index (χ0v) is 20.9. The quantitative estimate of drug-likeness (QED) is 0.235. The van der Waals surface area contributed by atoms with Crippen LogP contribution in [-0.4, -0.2) is 5.78 Å². The number of fused-ring (bicyclic) bond motifs is 2. The second kappa shape index (κ2) is 9.11. The van der Waals surface area contributed by atoms with Gasteiger partial charge in [0.25, 0.3) is 0 Å². The van der Waals surface area contributed by atoms with Crippen LogP contribution in [0.1, 0.15) is 40.9 Å². The number of benzene rings is 5. The average molecular weight is 482 g/mol. The molecule has 1 aliphatic heterocycles. The molecular weight excluding hydrogens is 454 g/mol. The molecule has 180 valence electrons. The molecule has 0 N–H and O–H groups in total. The normalized spacial score (nSPS) is 13.4. The van der Waals surface area contributed by atoms with Crippen LogP contribution < -0.4 is 9.64 Å². The van der Waals surface area contributed by atoms with Crippen LogP contribution in [0.3, 0.4) is 0 Å². The Labute approximate surface area is 217 Å². The molecular formula is C34H27NO2. The van der Waals surface area contributed by atoms with Crippen molar-refractivity contribution in [3.8, 4) is 11.5 Å². The second-order valence-corrected chi connectivity index (χ2v) is 9.81. The van der Waals surface area contributed by atoms with Gasteiger partial charge in [-0.2, -0.15) is 0 Å². The lowest BCUT2D eigenvalue weighted by Crippen LogP contribution is -2.30. The van der Waals surface area contributed by atoms with Gasteiger partial charge in [-0.05, 0) is 71.8 Å². The Hall–Kier alpha value is -4.63. The molecule has 0 spiro atoms. The van der Waals surface area contributed by atoms with Crippen LogP contribution >= 0.6 is 0 Å². The summed E-state index contributed by atoms with van der Waals surface area (Å²) in [5, 5.41) is 0. The summed E-state index contributed by atoms with van der Waals surface area (Å²) in [4.78, 5) is 15.1. The summed E-state index contributed by atoms with van der Waals surface area (Å²) in [6.45, 7) is 4.53. The number of nitrogens with zero attached hydrogens (tertiary/aromatic N) is 1. The molecule has 6 rings (SSSR count). The smallest absolute Gasteiger partial charge is 0.193 e. The highest BCUT2D eigenvalue weighted by atomic mass is 16.5. The minimum Gasteiger partial charge on any atom is -0.457 e. The molecule has 3 heteroatoms. The standard InChI is InChI=1S/C34H27NO2/c1-34(2)29-15-9-10-16-31(29)35(26-13-7-4-8-14-26)32-22-21-28(23-30(32)34)37-27-19-17-25(18-20-27)33(36)24-11-5-3-6-12-24/h3-23H,1-2H3. The fraction of sp³-hybridized carbons (Fsp3) is 0.0882. The van der Waals surface area contributed by atoms with Crippen molar-refractivity contribution in [1.82, 2.24) is 0 Å². The Morgan fingerprint density at radius 3 is 1.89 bits per heavy atom. The minimum atomic E-state index is -0.206. The topological polar surface area (TPSA) is 29.5 Å². The van der Waals surface area contributed by atoms with Gasteiger partial charge >= 0.3 is 0 Å². The highest BCUT2D eigenvalue weighted by Crippen LogP contribution is 2.52. The number of anilines is 3. The maximum Gasteiger partial charge on any atom is 0.193 e. The van der Waals surface area contributed by atoms with E-state index < -0.39 is 0 Å². The number of ketones is 1. The Morgan fingerprint density at radius 1 is 0.595 bits per heavy atom. The van der Waals surface area contributed by atoms with Gasteiger partial charge in [0.05, 0.1) is 11.4 Å². The van der Waals surface area contributed by atoms with Crippen LogP contribution in [0.4, 0.5) is 17.1 Å². The van der Waals surface area contributed by atoms with E-state index in [1.165, 1.54) is 16.8 Å². The molecule has 1 heterocycles. The molecule has 3 nitrogen and oxygen atoms in total. The summed E-state index contributed by atoms with van der Waals surface area (Å²) in [5.41, 5.74) is 7.04. The molecule has 0 saturated heterocycles. The van der Waals surface area contributed by atoms with Gasteiger partial charge in [-0.1, -0.05) is 80.6 Å². The summed E-state index contributed by atoms with van der Waals surface area (Å²) in [7, 11) is 0. The third-order valence-electron chi connectivity index (χ3n) is 7.10. The lowest BCUT2D eigenvalue weighted by molar-refractivity contribution is 0.103. The molecule has 0 unspecified atom stereocenters.